The zero-order valence-corrected chi connectivity index (χ0v) is 9.58. The van der Waals surface area contributed by atoms with Crippen molar-refractivity contribution in [3.05, 3.63) is 29.8 Å². The molecule has 0 heterocycles. The summed E-state index contributed by atoms with van der Waals surface area (Å²) in [5.74, 6) is -0.593. The Hall–Kier alpha value is -1.00. The number of benzene rings is 1. The lowest BCUT2D eigenvalue weighted by Crippen LogP contribution is -2.24. The topological polar surface area (TPSA) is 46.5 Å². The van der Waals surface area contributed by atoms with Crippen molar-refractivity contribution in [1.82, 2.24) is 0 Å². The van der Waals surface area contributed by atoms with Gasteiger partial charge in [0, 0.05) is 11.3 Å². The zero-order chi connectivity index (χ0) is 11.3. The Bertz CT molecular complexity index is 338. The molecule has 0 radical (unpaired) electrons. The highest BCUT2D eigenvalue weighted by atomic mass is 32.2. The first-order valence-electron chi connectivity index (χ1n) is 4.56. The SMILES string of the molecule is COC(=O)C(O)Cc1cccc(SC)c1. The van der Waals surface area contributed by atoms with E-state index in [1.54, 1.807) is 11.8 Å². The summed E-state index contributed by atoms with van der Waals surface area (Å²) in [7, 11) is 1.27. The molecule has 82 valence electrons. The molecule has 4 heteroatoms. The third-order valence-electron chi connectivity index (χ3n) is 2.04. The Morgan fingerprint density at radius 2 is 2.33 bits per heavy atom. The molecule has 0 amide bonds. The van der Waals surface area contributed by atoms with Gasteiger partial charge in [0.15, 0.2) is 6.10 Å². The summed E-state index contributed by atoms with van der Waals surface area (Å²) in [6.07, 6.45) is 1.20. The molecule has 1 aromatic rings. The fourth-order valence-electron chi connectivity index (χ4n) is 1.24. The van der Waals surface area contributed by atoms with Gasteiger partial charge in [0.2, 0.25) is 0 Å². The van der Waals surface area contributed by atoms with E-state index in [2.05, 4.69) is 4.74 Å². The molecule has 1 aromatic carbocycles. The third kappa shape index (κ3) is 3.57. The molecular formula is C11H14O3S. The van der Waals surface area contributed by atoms with E-state index in [-0.39, 0.29) is 0 Å². The van der Waals surface area contributed by atoms with Crippen LogP contribution in [0.1, 0.15) is 5.56 Å². The average molecular weight is 226 g/mol. The van der Waals surface area contributed by atoms with Gasteiger partial charge in [-0.15, -0.1) is 11.8 Å². The number of aliphatic hydroxyl groups excluding tert-OH is 1. The molecule has 0 saturated heterocycles. The number of esters is 1. The number of hydrogen-bond donors (Lipinski definition) is 1. The number of ether oxygens (including phenoxy) is 1. The minimum absolute atomic E-state index is 0.293. The van der Waals surface area contributed by atoms with E-state index in [0.717, 1.165) is 10.5 Å². The fraction of sp³-hybridized carbons (Fsp3) is 0.364. The molecule has 0 fully saturated rings. The smallest absolute Gasteiger partial charge is 0.335 e. The van der Waals surface area contributed by atoms with Gasteiger partial charge in [0.05, 0.1) is 7.11 Å². The van der Waals surface area contributed by atoms with Gasteiger partial charge < -0.3 is 9.84 Å². The highest BCUT2D eigenvalue weighted by molar-refractivity contribution is 7.98. The summed E-state index contributed by atoms with van der Waals surface area (Å²) in [4.78, 5) is 12.1. The van der Waals surface area contributed by atoms with Crippen LogP contribution in [0.4, 0.5) is 0 Å². The van der Waals surface area contributed by atoms with Crippen LogP contribution in [0.2, 0.25) is 0 Å². The Labute approximate surface area is 93.4 Å². The van der Waals surface area contributed by atoms with E-state index in [0.29, 0.717) is 6.42 Å². The van der Waals surface area contributed by atoms with Gasteiger partial charge in [0.25, 0.3) is 0 Å². The van der Waals surface area contributed by atoms with E-state index in [9.17, 15) is 9.90 Å². The maximum absolute atomic E-state index is 11.0. The molecule has 0 aromatic heterocycles. The summed E-state index contributed by atoms with van der Waals surface area (Å²) >= 11 is 1.63. The van der Waals surface area contributed by atoms with Crippen molar-refractivity contribution in [3.63, 3.8) is 0 Å². The van der Waals surface area contributed by atoms with E-state index in [4.69, 9.17) is 0 Å². The highest BCUT2D eigenvalue weighted by Gasteiger charge is 2.15. The number of carbonyl (C=O) groups is 1. The first-order valence-corrected chi connectivity index (χ1v) is 5.78. The molecule has 0 aliphatic rings. The van der Waals surface area contributed by atoms with Crippen LogP contribution < -0.4 is 0 Å². The number of carbonyl (C=O) groups excluding carboxylic acids is 1. The lowest BCUT2D eigenvalue weighted by Gasteiger charge is -2.08. The predicted octanol–water partition coefficient (Wildman–Crippen LogP) is 1.48. The Kier molecular flexibility index (Phi) is 4.65. The minimum Gasteiger partial charge on any atom is -0.467 e. The first-order chi connectivity index (χ1) is 7.17. The Balaban J connectivity index is 2.67. The molecule has 0 aliphatic heterocycles. The van der Waals surface area contributed by atoms with Crippen molar-refractivity contribution in [2.45, 2.75) is 17.4 Å². The molecule has 1 unspecified atom stereocenters. The number of methoxy groups -OCH3 is 1. The number of rotatable bonds is 4. The maximum Gasteiger partial charge on any atom is 0.335 e. The van der Waals surface area contributed by atoms with Gasteiger partial charge in [-0.2, -0.15) is 0 Å². The monoisotopic (exact) mass is 226 g/mol. The van der Waals surface area contributed by atoms with Crippen LogP contribution >= 0.6 is 11.8 Å². The first kappa shape index (κ1) is 12.1. The second-order valence-corrected chi connectivity index (χ2v) is 3.97. The van der Waals surface area contributed by atoms with Crippen LogP contribution in [-0.2, 0) is 16.0 Å². The van der Waals surface area contributed by atoms with Crippen LogP contribution in [0.5, 0.6) is 0 Å². The third-order valence-corrected chi connectivity index (χ3v) is 2.76. The van der Waals surface area contributed by atoms with Crippen molar-refractivity contribution < 1.29 is 14.6 Å². The van der Waals surface area contributed by atoms with Gasteiger partial charge in [-0.25, -0.2) is 4.79 Å². The van der Waals surface area contributed by atoms with Crippen molar-refractivity contribution in [3.8, 4) is 0 Å². The Morgan fingerprint density at radius 1 is 1.60 bits per heavy atom. The van der Waals surface area contributed by atoms with Crippen LogP contribution in [-0.4, -0.2) is 30.5 Å². The van der Waals surface area contributed by atoms with Crippen LogP contribution in [0.3, 0.4) is 0 Å². The van der Waals surface area contributed by atoms with Crippen molar-refractivity contribution in [2.24, 2.45) is 0 Å². The van der Waals surface area contributed by atoms with Gasteiger partial charge in [-0.3, -0.25) is 0 Å². The van der Waals surface area contributed by atoms with E-state index in [1.807, 2.05) is 30.5 Å². The summed E-state index contributed by atoms with van der Waals surface area (Å²) < 4.78 is 4.45. The van der Waals surface area contributed by atoms with Crippen LogP contribution in [0, 0.1) is 0 Å². The number of aliphatic hydroxyl groups is 1. The second-order valence-electron chi connectivity index (χ2n) is 3.09. The molecule has 0 aliphatic carbocycles. The average Bonchev–Trinajstić information content (AvgIpc) is 2.28. The largest absolute Gasteiger partial charge is 0.467 e. The quantitative estimate of drug-likeness (QED) is 0.624. The predicted molar refractivity (Wildman–Crippen MR) is 59.9 cm³/mol. The summed E-state index contributed by atoms with van der Waals surface area (Å²) in [5, 5.41) is 9.45. The standard InChI is InChI=1S/C11H14O3S/c1-14-11(13)10(12)7-8-4-3-5-9(6-8)15-2/h3-6,10,12H,7H2,1-2H3. The summed E-state index contributed by atoms with van der Waals surface area (Å²) in [5.41, 5.74) is 0.930. The van der Waals surface area contributed by atoms with Gasteiger partial charge >= 0.3 is 5.97 Å². The summed E-state index contributed by atoms with van der Waals surface area (Å²) in [6, 6.07) is 7.73. The maximum atomic E-state index is 11.0. The van der Waals surface area contributed by atoms with Gasteiger partial charge in [-0.1, -0.05) is 12.1 Å². The summed E-state index contributed by atoms with van der Waals surface area (Å²) in [6.45, 7) is 0. The van der Waals surface area contributed by atoms with Crippen LogP contribution in [0.25, 0.3) is 0 Å². The zero-order valence-electron chi connectivity index (χ0n) is 8.77. The van der Waals surface area contributed by atoms with Crippen molar-refractivity contribution >= 4 is 17.7 Å². The van der Waals surface area contributed by atoms with E-state index in [1.165, 1.54) is 7.11 Å². The van der Waals surface area contributed by atoms with E-state index < -0.39 is 12.1 Å². The molecule has 1 atom stereocenters. The lowest BCUT2D eigenvalue weighted by atomic mass is 10.1. The molecule has 0 bridgehead atoms. The highest BCUT2D eigenvalue weighted by Crippen LogP contribution is 2.16. The molecule has 15 heavy (non-hydrogen) atoms. The minimum atomic E-state index is -1.08. The Morgan fingerprint density at radius 3 is 2.93 bits per heavy atom. The molecule has 0 spiro atoms. The normalized spacial score (nSPS) is 12.2. The van der Waals surface area contributed by atoms with Crippen molar-refractivity contribution in [2.75, 3.05) is 13.4 Å². The lowest BCUT2D eigenvalue weighted by molar-refractivity contribution is -0.150. The van der Waals surface area contributed by atoms with Crippen LogP contribution in [0.15, 0.2) is 29.2 Å². The number of hydrogen-bond acceptors (Lipinski definition) is 4. The second kappa shape index (κ2) is 5.78. The molecule has 1 rings (SSSR count). The molecule has 1 N–H and O–H groups in total. The fourth-order valence-corrected chi connectivity index (χ4v) is 1.73. The molecular weight excluding hydrogens is 212 g/mol. The molecule has 3 nitrogen and oxygen atoms in total. The molecule has 0 saturated carbocycles. The van der Waals surface area contributed by atoms with Gasteiger partial charge in [-0.05, 0) is 24.0 Å². The number of thioether (sulfide) groups is 1. The van der Waals surface area contributed by atoms with Crippen molar-refractivity contribution in [1.29, 1.82) is 0 Å². The van der Waals surface area contributed by atoms with E-state index >= 15 is 0 Å². The van der Waals surface area contributed by atoms with Gasteiger partial charge in [0.1, 0.15) is 0 Å².